The van der Waals surface area contributed by atoms with Gasteiger partial charge in [0.2, 0.25) is 0 Å². The average Bonchev–Trinajstić information content (AvgIpc) is 2.48. The highest BCUT2D eigenvalue weighted by atomic mass is 14.4. The van der Waals surface area contributed by atoms with Crippen molar-refractivity contribution in [2.45, 2.75) is 18.8 Å². The van der Waals surface area contributed by atoms with Crippen molar-refractivity contribution < 1.29 is 0 Å². The normalized spacial score (nSPS) is 13.0. The maximum absolute atomic E-state index is 9.51. The molecule has 0 aliphatic heterocycles. The molecule has 0 aromatic heterocycles. The highest BCUT2D eigenvalue weighted by molar-refractivity contribution is 5.38. The van der Waals surface area contributed by atoms with Gasteiger partial charge in [-0.3, -0.25) is 0 Å². The minimum absolute atomic E-state index is 0.574. The maximum atomic E-state index is 9.51. The summed E-state index contributed by atoms with van der Waals surface area (Å²) in [6, 6.07) is 21.7. The van der Waals surface area contributed by atoms with Crippen LogP contribution < -0.4 is 0 Å². The molecule has 2 aromatic carbocycles. The Labute approximate surface area is 113 Å². The molecule has 0 bridgehead atoms. The monoisotopic (exact) mass is 246 g/mol. The van der Waals surface area contributed by atoms with Gasteiger partial charge in [0.1, 0.15) is 0 Å². The van der Waals surface area contributed by atoms with E-state index in [-0.39, 0.29) is 0 Å². The molecule has 2 aromatic rings. The number of nitriles is 2. The van der Waals surface area contributed by atoms with Crippen molar-refractivity contribution in [2.75, 3.05) is 0 Å². The first-order valence-electron chi connectivity index (χ1n) is 6.14. The second-order valence-corrected chi connectivity index (χ2v) is 4.80. The van der Waals surface area contributed by atoms with Crippen LogP contribution in [-0.2, 0) is 11.8 Å². The van der Waals surface area contributed by atoms with E-state index in [0.717, 1.165) is 11.1 Å². The Bertz CT molecular complexity index is 647. The number of benzene rings is 2. The van der Waals surface area contributed by atoms with Crippen molar-refractivity contribution >= 4 is 0 Å². The average molecular weight is 246 g/mol. The third-order valence-corrected chi connectivity index (χ3v) is 3.27. The van der Waals surface area contributed by atoms with Gasteiger partial charge in [-0.25, -0.2) is 0 Å². The second-order valence-electron chi connectivity index (χ2n) is 4.80. The predicted octanol–water partition coefficient (Wildman–Crippen LogP) is 3.58. The third kappa shape index (κ3) is 2.81. The van der Waals surface area contributed by atoms with E-state index in [4.69, 9.17) is 5.26 Å². The fraction of sp³-hybridized carbons (Fsp3) is 0.176. The van der Waals surface area contributed by atoms with Gasteiger partial charge in [-0.15, -0.1) is 0 Å². The van der Waals surface area contributed by atoms with E-state index in [0.29, 0.717) is 12.0 Å². The number of hydrogen-bond donors (Lipinski definition) is 0. The fourth-order valence-electron chi connectivity index (χ4n) is 2.17. The molecule has 0 heterocycles. The molecular weight excluding hydrogens is 232 g/mol. The molecule has 0 aliphatic carbocycles. The topological polar surface area (TPSA) is 47.6 Å². The lowest BCUT2D eigenvalue weighted by molar-refractivity contribution is 0.606. The van der Waals surface area contributed by atoms with Crippen LogP contribution in [-0.4, -0.2) is 0 Å². The van der Waals surface area contributed by atoms with Gasteiger partial charge < -0.3 is 0 Å². The van der Waals surface area contributed by atoms with Crippen LogP contribution in [0.5, 0.6) is 0 Å². The predicted molar refractivity (Wildman–Crippen MR) is 74.3 cm³/mol. The summed E-state index contributed by atoms with van der Waals surface area (Å²) in [5.74, 6) is 0. The fourth-order valence-corrected chi connectivity index (χ4v) is 2.17. The molecule has 1 unspecified atom stereocenters. The van der Waals surface area contributed by atoms with Crippen LogP contribution in [0, 0.1) is 22.7 Å². The van der Waals surface area contributed by atoms with Crippen LogP contribution in [0.15, 0.2) is 54.6 Å². The van der Waals surface area contributed by atoms with Gasteiger partial charge >= 0.3 is 0 Å². The highest BCUT2D eigenvalue weighted by Gasteiger charge is 2.26. The van der Waals surface area contributed by atoms with E-state index in [1.165, 1.54) is 0 Å². The van der Waals surface area contributed by atoms with Gasteiger partial charge in [0.25, 0.3) is 0 Å². The van der Waals surface area contributed by atoms with Crippen molar-refractivity contribution in [1.29, 1.82) is 10.5 Å². The molecular formula is C17H14N2. The molecule has 0 aliphatic rings. The summed E-state index contributed by atoms with van der Waals surface area (Å²) < 4.78 is 0. The molecule has 0 radical (unpaired) electrons. The number of hydrogen-bond acceptors (Lipinski definition) is 2. The highest BCUT2D eigenvalue weighted by Crippen LogP contribution is 2.27. The van der Waals surface area contributed by atoms with E-state index >= 15 is 0 Å². The first-order chi connectivity index (χ1) is 9.18. The van der Waals surface area contributed by atoms with Crippen LogP contribution in [0.3, 0.4) is 0 Å². The Hall–Kier alpha value is -2.58. The molecule has 1 atom stereocenters. The zero-order chi connectivity index (χ0) is 13.7. The molecule has 0 amide bonds. The van der Waals surface area contributed by atoms with Gasteiger partial charge in [0.15, 0.2) is 0 Å². The Morgan fingerprint density at radius 1 is 1.00 bits per heavy atom. The lowest BCUT2D eigenvalue weighted by atomic mass is 9.78. The molecule has 0 spiro atoms. The molecule has 0 fully saturated rings. The zero-order valence-electron chi connectivity index (χ0n) is 10.8. The van der Waals surface area contributed by atoms with Gasteiger partial charge in [-0.1, -0.05) is 42.5 Å². The Balaban J connectivity index is 2.34. The minimum Gasteiger partial charge on any atom is -0.197 e. The standard InChI is InChI=1S/C17H14N2/c1-17(13-19,16-8-3-2-4-9-16)11-14-6-5-7-15(10-14)12-18/h2-10H,11H2,1H3. The minimum atomic E-state index is -0.574. The van der Waals surface area contributed by atoms with Gasteiger partial charge in [-0.05, 0) is 36.6 Å². The summed E-state index contributed by atoms with van der Waals surface area (Å²) >= 11 is 0. The Kier molecular flexibility index (Phi) is 3.64. The van der Waals surface area contributed by atoms with Crippen molar-refractivity contribution in [2.24, 2.45) is 0 Å². The van der Waals surface area contributed by atoms with E-state index in [1.54, 1.807) is 6.07 Å². The number of nitrogens with zero attached hydrogens (tertiary/aromatic N) is 2. The summed E-state index contributed by atoms with van der Waals surface area (Å²) in [4.78, 5) is 0. The maximum Gasteiger partial charge on any atom is 0.0991 e. The lowest BCUT2D eigenvalue weighted by Crippen LogP contribution is -2.22. The molecule has 2 rings (SSSR count). The smallest absolute Gasteiger partial charge is 0.0991 e. The first kappa shape index (κ1) is 12.9. The summed E-state index contributed by atoms with van der Waals surface area (Å²) in [5.41, 5.74) is 2.06. The molecule has 19 heavy (non-hydrogen) atoms. The van der Waals surface area contributed by atoms with E-state index in [2.05, 4.69) is 12.1 Å². The van der Waals surface area contributed by atoms with Crippen LogP contribution in [0.4, 0.5) is 0 Å². The van der Waals surface area contributed by atoms with Crippen molar-refractivity contribution in [1.82, 2.24) is 0 Å². The third-order valence-electron chi connectivity index (χ3n) is 3.27. The molecule has 92 valence electrons. The van der Waals surface area contributed by atoms with E-state index in [9.17, 15) is 5.26 Å². The van der Waals surface area contributed by atoms with Crippen LogP contribution in [0.25, 0.3) is 0 Å². The second kappa shape index (κ2) is 5.38. The van der Waals surface area contributed by atoms with Crippen LogP contribution in [0.2, 0.25) is 0 Å². The van der Waals surface area contributed by atoms with Gasteiger partial charge in [0, 0.05) is 0 Å². The Morgan fingerprint density at radius 3 is 2.37 bits per heavy atom. The quantitative estimate of drug-likeness (QED) is 0.831. The van der Waals surface area contributed by atoms with Gasteiger partial charge in [0.05, 0.1) is 23.1 Å². The molecule has 0 saturated heterocycles. The molecule has 0 N–H and O–H groups in total. The summed E-state index contributed by atoms with van der Waals surface area (Å²) in [7, 11) is 0. The SMILES string of the molecule is CC(C#N)(Cc1cccc(C#N)c1)c1ccccc1. The van der Waals surface area contributed by atoms with E-state index < -0.39 is 5.41 Å². The first-order valence-corrected chi connectivity index (χ1v) is 6.14. The zero-order valence-corrected chi connectivity index (χ0v) is 10.8. The summed E-state index contributed by atoms with van der Waals surface area (Å²) in [6.45, 7) is 1.93. The van der Waals surface area contributed by atoms with Crippen LogP contribution in [0.1, 0.15) is 23.6 Å². The Morgan fingerprint density at radius 2 is 1.74 bits per heavy atom. The largest absolute Gasteiger partial charge is 0.197 e. The van der Waals surface area contributed by atoms with Crippen LogP contribution >= 0.6 is 0 Å². The van der Waals surface area contributed by atoms with E-state index in [1.807, 2.05) is 55.5 Å². The molecule has 2 heteroatoms. The van der Waals surface area contributed by atoms with Crippen molar-refractivity contribution in [3.05, 3.63) is 71.3 Å². The van der Waals surface area contributed by atoms with Gasteiger partial charge in [-0.2, -0.15) is 10.5 Å². The lowest BCUT2D eigenvalue weighted by Gasteiger charge is -2.22. The number of rotatable bonds is 3. The summed E-state index contributed by atoms with van der Waals surface area (Å²) in [6.07, 6.45) is 0.600. The van der Waals surface area contributed by atoms with Crippen molar-refractivity contribution in [3.8, 4) is 12.1 Å². The molecule has 2 nitrogen and oxygen atoms in total. The van der Waals surface area contributed by atoms with Crippen molar-refractivity contribution in [3.63, 3.8) is 0 Å². The summed E-state index contributed by atoms with van der Waals surface area (Å²) in [5, 5.41) is 18.4. The molecule has 0 saturated carbocycles.